The molecule has 0 aliphatic carbocycles. The number of anilines is 1. The number of nitrogen functional groups attached to an aromatic ring is 1. The van der Waals surface area contributed by atoms with Crippen molar-refractivity contribution in [3.63, 3.8) is 0 Å². The Morgan fingerprint density at radius 1 is 1.36 bits per heavy atom. The second kappa shape index (κ2) is 4.28. The average Bonchev–Trinajstić information content (AvgIpc) is 2.20. The van der Waals surface area contributed by atoms with Crippen molar-refractivity contribution in [2.75, 3.05) is 20.0 Å². The number of rotatable bonds is 2. The first-order chi connectivity index (χ1) is 6.60. The van der Waals surface area contributed by atoms with Crippen LogP contribution in [0.2, 0.25) is 0 Å². The first-order valence-electron chi connectivity index (χ1n) is 4.12. The molecule has 1 aromatic rings. The van der Waals surface area contributed by atoms with E-state index >= 15 is 0 Å². The second-order valence-corrected chi connectivity index (χ2v) is 3.27. The summed E-state index contributed by atoms with van der Waals surface area (Å²) in [5, 5.41) is 0.407. The molecule has 0 atom stereocenters. The smallest absolute Gasteiger partial charge is 0.194 e. The summed E-state index contributed by atoms with van der Waals surface area (Å²) in [5.41, 5.74) is 8.15. The fraction of sp³-hybridized carbons (Fsp3) is 0.300. The van der Waals surface area contributed by atoms with Crippen LogP contribution in [0.3, 0.4) is 0 Å². The van der Waals surface area contributed by atoms with E-state index < -0.39 is 0 Å². The maximum absolute atomic E-state index is 5.74. The van der Waals surface area contributed by atoms with Gasteiger partial charge in [0.05, 0.1) is 19.8 Å². The molecule has 4 heteroatoms. The Morgan fingerprint density at radius 3 is 2.50 bits per heavy atom. The normalized spacial score (nSPS) is 9.64. The second-order valence-electron chi connectivity index (χ2n) is 2.90. The molecule has 0 saturated heterocycles. The Bertz CT molecular complexity index is 363. The summed E-state index contributed by atoms with van der Waals surface area (Å²) in [7, 11) is 3.11. The van der Waals surface area contributed by atoms with Gasteiger partial charge in [0.2, 0.25) is 0 Å². The lowest BCUT2D eigenvalue weighted by atomic mass is 10.1. The van der Waals surface area contributed by atoms with Gasteiger partial charge in [0, 0.05) is 11.8 Å². The number of ether oxygens (including phenoxy) is 2. The van der Waals surface area contributed by atoms with Gasteiger partial charge in [0.1, 0.15) is 5.75 Å². The van der Waals surface area contributed by atoms with Crippen molar-refractivity contribution in [1.29, 1.82) is 0 Å². The van der Waals surface area contributed by atoms with Gasteiger partial charge in [0.25, 0.3) is 0 Å². The molecule has 0 aromatic heterocycles. The molecular weight excluding hydrogens is 198 g/mol. The lowest BCUT2D eigenvalue weighted by Gasteiger charge is -2.11. The fourth-order valence-electron chi connectivity index (χ4n) is 1.14. The van der Waals surface area contributed by atoms with E-state index in [-0.39, 0.29) is 0 Å². The molecule has 3 nitrogen and oxygen atoms in total. The number of thiocarbonyl (C=S) groups is 1. The molecule has 0 unspecified atom stereocenters. The van der Waals surface area contributed by atoms with Crippen LogP contribution in [0.4, 0.5) is 5.69 Å². The van der Waals surface area contributed by atoms with Gasteiger partial charge < -0.3 is 15.2 Å². The van der Waals surface area contributed by atoms with E-state index in [4.69, 9.17) is 27.4 Å². The summed E-state index contributed by atoms with van der Waals surface area (Å²) >= 11 is 5.04. The van der Waals surface area contributed by atoms with Crippen molar-refractivity contribution < 1.29 is 9.47 Å². The van der Waals surface area contributed by atoms with E-state index in [1.165, 1.54) is 7.11 Å². The summed E-state index contributed by atoms with van der Waals surface area (Å²) in [4.78, 5) is 0. The van der Waals surface area contributed by atoms with Gasteiger partial charge in [0.15, 0.2) is 5.05 Å². The highest BCUT2D eigenvalue weighted by Crippen LogP contribution is 2.25. The van der Waals surface area contributed by atoms with Gasteiger partial charge in [-0.3, -0.25) is 0 Å². The van der Waals surface area contributed by atoms with Crippen molar-refractivity contribution in [3.05, 3.63) is 23.3 Å². The summed E-state index contributed by atoms with van der Waals surface area (Å²) in [5.74, 6) is 0.639. The van der Waals surface area contributed by atoms with Crippen LogP contribution in [0.5, 0.6) is 5.75 Å². The molecule has 0 radical (unpaired) electrons. The highest BCUT2D eigenvalue weighted by Gasteiger charge is 2.10. The van der Waals surface area contributed by atoms with Crippen molar-refractivity contribution in [1.82, 2.24) is 0 Å². The zero-order chi connectivity index (χ0) is 10.7. The minimum absolute atomic E-state index is 0.407. The van der Waals surface area contributed by atoms with Crippen LogP contribution in [-0.2, 0) is 4.74 Å². The number of hydrogen-bond acceptors (Lipinski definition) is 4. The minimum atomic E-state index is 0.407. The average molecular weight is 211 g/mol. The third-order valence-corrected chi connectivity index (χ3v) is 2.38. The van der Waals surface area contributed by atoms with Crippen molar-refractivity contribution in [3.8, 4) is 5.75 Å². The first kappa shape index (κ1) is 10.8. The summed E-state index contributed by atoms with van der Waals surface area (Å²) in [6.45, 7) is 1.91. The largest absolute Gasteiger partial charge is 0.496 e. The van der Waals surface area contributed by atoms with Gasteiger partial charge in [-0.25, -0.2) is 0 Å². The number of aryl methyl sites for hydroxylation is 1. The van der Waals surface area contributed by atoms with Crippen molar-refractivity contribution in [2.45, 2.75) is 6.92 Å². The molecule has 0 aliphatic heterocycles. The summed E-state index contributed by atoms with van der Waals surface area (Å²) in [6.07, 6.45) is 0. The molecule has 0 heterocycles. The number of hydrogen-bond donors (Lipinski definition) is 1. The van der Waals surface area contributed by atoms with Crippen LogP contribution >= 0.6 is 12.2 Å². The monoisotopic (exact) mass is 211 g/mol. The van der Waals surface area contributed by atoms with Crippen LogP contribution < -0.4 is 10.5 Å². The Balaban J connectivity index is 3.27. The molecule has 0 aliphatic rings. The lowest BCUT2D eigenvalue weighted by molar-refractivity contribution is 0.397. The Hall–Kier alpha value is -1.29. The van der Waals surface area contributed by atoms with Crippen molar-refractivity contribution in [2.24, 2.45) is 0 Å². The highest BCUT2D eigenvalue weighted by molar-refractivity contribution is 7.80. The predicted octanol–water partition coefficient (Wildman–Crippen LogP) is 1.91. The Labute approximate surface area is 88.8 Å². The lowest BCUT2D eigenvalue weighted by Crippen LogP contribution is -2.04. The fourth-order valence-corrected chi connectivity index (χ4v) is 1.30. The van der Waals surface area contributed by atoms with E-state index in [1.807, 2.05) is 13.0 Å². The maximum Gasteiger partial charge on any atom is 0.194 e. The van der Waals surface area contributed by atoms with Crippen LogP contribution in [0, 0.1) is 6.92 Å². The SMILES string of the molecule is COC(=S)c1cc(C)c(N)cc1OC. The van der Waals surface area contributed by atoms with Gasteiger partial charge in [-0.1, -0.05) is 0 Å². The number of nitrogens with two attached hydrogens (primary N) is 1. The number of benzene rings is 1. The molecule has 1 rings (SSSR count). The van der Waals surface area contributed by atoms with Crippen molar-refractivity contribution >= 4 is 23.0 Å². The van der Waals surface area contributed by atoms with Gasteiger partial charge >= 0.3 is 0 Å². The molecule has 14 heavy (non-hydrogen) atoms. The zero-order valence-electron chi connectivity index (χ0n) is 8.46. The van der Waals surface area contributed by atoms with Crippen LogP contribution in [0.15, 0.2) is 12.1 Å². The zero-order valence-corrected chi connectivity index (χ0v) is 9.27. The van der Waals surface area contributed by atoms with Gasteiger partial charge in [-0.15, -0.1) is 0 Å². The number of methoxy groups -OCH3 is 2. The van der Waals surface area contributed by atoms with Crippen LogP contribution in [0.1, 0.15) is 11.1 Å². The summed E-state index contributed by atoms with van der Waals surface area (Å²) in [6, 6.07) is 3.61. The molecule has 0 spiro atoms. The minimum Gasteiger partial charge on any atom is -0.496 e. The third-order valence-electron chi connectivity index (χ3n) is 1.99. The van der Waals surface area contributed by atoms with E-state index in [2.05, 4.69) is 0 Å². The standard InChI is InChI=1S/C10H13NO2S/c1-6-4-7(10(14)13-3)9(12-2)5-8(6)11/h4-5H,11H2,1-3H3. The Morgan fingerprint density at radius 2 is 2.00 bits per heavy atom. The Kier molecular flexibility index (Phi) is 3.30. The predicted molar refractivity (Wildman–Crippen MR) is 60.9 cm³/mol. The highest BCUT2D eigenvalue weighted by atomic mass is 32.1. The third kappa shape index (κ3) is 1.96. The van der Waals surface area contributed by atoms with E-state index in [9.17, 15) is 0 Å². The van der Waals surface area contributed by atoms with E-state index in [0.29, 0.717) is 16.5 Å². The molecular formula is C10H13NO2S. The summed E-state index contributed by atoms with van der Waals surface area (Å²) < 4.78 is 10.1. The van der Waals surface area contributed by atoms with Gasteiger partial charge in [-0.2, -0.15) is 0 Å². The molecule has 0 fully saturated rings. The molecule has 0 amide bonds. The van der Waals surface area contributed by atoms with Gasteiger partial charge in [-0.05, 0) is 30.8 Å². The van der Waals surface area contributed by atoms with E-state index in [0.717, 1.165) is 11.1 Å². The maximum atomic E-state index is 5.74. The van der Waals surface area contributed by atoms with Crippen LogP contribution in [-0.4, -0.2) is 19.3 Å². The van der Waals surface area contributed by atoms with Crippen LogP contribution in [0.25, 0.3) is 0 Å². The van der Waals surface area contributed by atoms with E-state index in [1.54, 1.807) is 13.2 Å². The molecule has 2 N–H and O–H groups in total. The molecule has 1 aromatic carbocycles. The topological polar surface area (TPSA) is 44.5 Å². The first-order valence-corrected chi connectivity index (χ1v) is 4.53. The quantitative estimate of drug-likeness (QED) is 0.599. The molecule has 76 valence electrons. The molecule has 0 bridgehead atoms. The molecule has 0 saturated carbocycles.